The van der Waals surface area contributed by atoms with Crippen LogP contribution in [0.1, 0.15) is 5.82 Å². The van der Waals surface area contributed by atoms with Crippen LogP contribution < -0.4 is 10.1 Å². The number of ether oxygens (including phenoxy) is 1. The van der Waals surface area contributed by atoms with Gasteiger partial charge in [0.15, 0.2) is 0 Å². The molecule has 2 rings (SSSR count). The van der Waals surface area contributed by atoms with Crippen molar-refractivity contribution in [2.24, 2.45) is 0 Å². The molecule has 0 saturated heterocycles. The van der Waals surface area contributed by atoms with Crippen LogP contribution in [0.5, 0.6) is 5.75 Å². The molecule has 0 aliphatic heterocycles. The van der Waals surface area contributed by atoms with E-state index in [9.17, 15) is 0 Å². The van der Waals surface area contributed by atoms with E-state index in [1.165, 1.54) is 0 Å². The fourth-order valence-corrected chi connectivity index (χ4v) is 2.15. The van der Waals surface area contributed by atoms with Gasteiger partial charge in [-0.1, -0.05) is 11.6 Å². The van der Waals surface area contributed by atoms with Gasteiger partial charge in [-0.15, -0.1) is 0 Å². The van der Waals surface area contributed by atoms with E-state index < -0.39 is 0 Å². The van der Waals surface area contributed by atoms with E-state index in [0.29, 0.717) is 22.4 Å². The molecule has 1 heterocycles. The maximum atomic E-state index is 5.96. The van der Waals surface area contributed by atoms with E-state index in [4.69, 9.17) is 16.3 Å². The lowest BCUT2D eigenvalue weighted by molar-refractivity contribution is 0.415. The summed E-state index contributed by atoms with van der Waals surface area (Å²) in [7, 11) is 1.58. The molecule has 2 aromatic rings. The van der Waals surface area contributed by atoms with Crippen LogP contribution in [0.4, 0.5) is 11.5 Å². The Hall–Kier alpha value is -1.33. The predicted molar refractivity (Wildman–Crippen MR) is 75.8 cm³/mol. The van der Waals surface area contributed by atoms with Crippen LogP contribution in [0, 0.1) is 6.92 Å². The SMILES string of the molecule is COc1cc(Nc2cc(Br)nc(C)n2)ccc1Cl. The minimum Gasteiger partial charge on any atom is -0.495 e. The molecule has 4 nitrogen and oxygen atoms in total. The summed E-state index contributed by atoms with van der Waals surface area (Å²) in [6.45, 7) is 1.83. The molecule has 0 unspecified atom stereocenters. The van der Waals surface area contributed by atoms with Gasteiger partial charge in [-0.25, -0.2) is 9.97 Å². The summed E-state index contributed by atoms with van der Waals surface area (Å²) in [6, 6.07) is 7.24. The number of benzene rings is 1. The first-order valence-corrected chi connectivity index (χ1v) is 6.37. The third-order valence-electron chi connectivity index (χ3n) is 2.23. The fraction of sp³-hybridized carbons (Fsp3) is 0.167. The Bertz CT molecular complexity index is 557. The Kier molecular flexibility index (Phi) is 4.04. The number of halogens is 2. The van der Waals surface area contributed by atoms with Crippen LogP contribution >= 0.6 is 27.5 Å². The summed E-state index contributed by atoms with van der Waals surface area (Å²) < 4.78 is 5.89. The number of nitrogens with zero attached hydrogens (tertiary/aromatic N) is 2. The summed E-state index contributed by atoms with van der Waals surface area (Å²) in [5.74, 6) is 2.01. The standard InChI is InChI=1S/C12H11BrClN3O/c1-7-15-11(13)6-12(16-7)17-8-3-4-9(14)10(5-8)18-2/h3-6H,1-2H3,(H,15,16,17). The molecule has 0 fully saturated rings. The third-order valence-corrected chi connectivity index (χ3v) is 2.95. The Morgan fingerprint density at radius 3 is 2.72 bits per heavy atom. The zero-order valence-electron chi connectivity index (χ0n) is 9.87. The lowest BCUT2D eigenvalue weighted by Gasteiger charge is -2.09. The third kappa shape index (κ3) is 3.11. The highest BCUT2D eigenvalue weighted by Gasteiger charge is 2.04. The van der Waals surface area contributed by atoms with Gasteiger partial charge in [-0.3, -0.25) is 0 Å². The molecular formula is C12H11BrClN3O. The van der Waals surface area contributed by atoms with Gasteiger partial charge in [-0.05, 0) is 35.0 Å². The lowest BCUT2D eigenvalue weighted by atomic mass is 10.3. The first kappa shape index (κ1) is 13.1. The molecule has 1 N–H and O–H groups in total. The van der Waals surface area contributed by atoms with Crippen molar-refractivity contribution in [3.8, 4) is 5.75 Å². The maximum absolute atomic E-state index is 5.96. The number of hydrogen-bond acceptors (Lipinski definition) is 4. The first-order chi connectivity index (χ1) is 8.58. The van der Waals surface area contributed by atoms with E-state index in [1.54, 1.807) is 19.2 Å². The predicted octanol–water partition coefficient (Wildman–Crippen LogP) is 3.95. The second-order valence-corrected chi connectivity index (χ2v) is 4.82. The number of aromatic nitrogens is 2. The van der Waals surface area contributed by atoms with E-state index in [2.05, 4.69) is 31.2 Å². The Labute approximate surface area is 118 Å². The van der Waals surface area contributed by atoms with Crippen molar-refractivity contribution in [3.05, 3.63) is 39.7 Å². The molecule has 1 aromatic heterocycles. The second kappa shape index (κ2) is 5.54. The van der Waals surface area contributed by atoms with Gasteiger partial charge in [0.05, 0.1) is 12.1 Å². The summed E-state index contributed by atoms with van der Waals surface area (Å²) in [5, 5.41) is 3.74. The van der Waals surface area contributed by atoms with E-state index in [1.807, 2.05) is 19.1 Å². The molecule has 0 amide bonds. The second-order valence-electron chi connectivity index (χ2n) is 3.60. The Morgan fingerprint density at radius 1 is 1.28 bits per heavy atom. The topological polar surface area (TPSA) is 47.0 Å². The Morgan fingerprint density at radius 2 is 2.06 bits per heavy atom. The number of methoxy groups -OCH3 is 1. The molecule has 94 valence electrons. The van der Waals surface area contributed by atoms with Crippen molar-refractivity contribution in [3.63, 3.8) is 0 Å². The number of anilines is 2. The van der Waals surface area contributed by atoms with Crippen molar-refractivity contribution >= 4 is 39.0 Å². The molecule has 0 bridgehead atoms. The highest BCUT2D eigenvalue weighted by Crippen LogP contribution is 2.28. The van der Waals surface area contributed by atoms with Crippen LogP contribution in [0.3, 0.4) is 0 Å². The van der Waals surface area contributed by atoms with Crippen LogP contribution in [-0.4, -0.2) is 17.1 Å². The summed E-state index contributed by atoms with van der Waals surface area (Å²) in [5.41, 5.74) is 0.848. The molecule has 0 aliphatic rings. The molecular weight excluding hydrogens is 318 g/mol. The molecule has 6 heteroatoms. The summed E-state index contributed by atoms with van der Waals surface area (Å²) >= 11 is 9.29. The Balaban J connectivity index is 2.28. The molecule has 0 aliphatic carbocycles. The number of hydrogen-bond donors (Lipinski definition) is 1. The normalized spacial score (nSPS) is 10.2. The minimum absolute atomic E-state index is 0.572. The van der Waals surface area contributed by atoms with E-state index >= 15 is 0 Å². The van der Waals surface area contributed by atoms with Gasteiger partial charge in [0, 0.05) is 17.8 Å². The lowest BCUT2D eigenvalue weighted by Crippen LogP contribution is -1.97. The van der Waals surface area contributed by atoms with Crippen molar-refractivity contribution in [1.29, 1.82) is 0 Å². The van der Waals surface area contributed by atoms with E-state index in [-0.39, 0.29) is 0 Å². The molecule has 1 aromatic carbocycles. The van der Waals surface area contributed by atoms with Crippen molar-refractivity contribution in [1.82, 2.24) is 9.97 Å². The van der Waals surface area contributed by atoms with Crippen LogP contribution in [0.2, 0.25) is 5.02 Å². The highest BCUT2D eigenvalue weighted by molar-refractivity contribution is 9.10. The van der Waals surface area contributed by atoms with Gasteiger partial charge in [0.1, 0.15) is 22.0 Å². The van der Waals surface area contributed by atoms with Gasteiger partial charge in [0.25, 0.3) is 0 Å². The van der Waals surface area contributed by atoms with Crippen LogP contribution in [-0.2, 0) is 0 Å². The molecule has 0 spiro atoms. The zero-order chi connectivity index (χ0) is 13.1. The average molecular weight is 329 g/mol. The molecule has 18 heavy (non-hydrogen) atoms. The van der Waals surface area contributed by atoms with Gasteiger partial charge in [0.2, 0.25) is 0 Å². The van der Waals surface area contributed by atoms with Crippen molar-refractivity contribution in [2.45, 2.75) is 6.92 Å². The quantitative estimate of drug-likeness (QED) is 0.867. The minimum atomic E-state index is 0.572. The number of aryl methyl sites for hydroxylation is 1. The fourth-order valence-electron chi connectivity index (χ4n) is 1.48. The summed E-state index contributed by atoms with van der Waals surface area (Å²) in [6.07, 6.45) is 0. The number of nitrogens with one attached hydrogen (secondary N) is 1. The monoisotopic (exact) mass is 327 g/mol. The highest BCUT2D eigenvalue weighted by atomic mass is 79.9. The van der Waals surface area contributed by atoms with Crippen LogP contribution in [0.25, 0.3) is 0 Å². The largest absolute Gasteiger partial charge is 0.495 e. The first-order valence-electron chi connectivity index (χ1n) is 5.20. The van der Waals surface area contributed by atoms with Gasteiger partial charge in [-0.2, -0.15) is 0 Å². The van der Waals surface area contributed by atoms with E-state index in [0.717, 1.165) is 10.3 Å². The summed E-state index contributed by atoms with van der Waals surface area (Å²) in [4.78, 5) is 8.42. The molecule has 0 saturated carbocycles. The smallest absolute Gasteiger partial charge is 0.139 e. The molecule has 0 radical (unpaired) electrons. The van der Waals surface area contributed by atoms with Gasteiger partial charge >= 0.3 is 0 Å². The maximum Gasteiger partial charge on any atom is 0.139 e. The van der Waals surface area contributed by atoms with Crippen LogP contribution in [0.15, 0.2) is 28.9 Å². The molecule has 0 atom stereocenters. The zero-order valence-corrected chi connectivity index (χ0v) is 12.2. The van der Waals surface area contributed by atoms with Crippen molar-refractivity contribution < 1.29 is 4.74 Å². The van der Waals surface area contributed by atoms with Crippen molar-refractivity contribution in [2.75, 3.05) is 12.4 Å². The number of rotatable bonds is 3. The average Bonchev–Trinajstić information content (AvgIpc) is 2.30. The van der Waals surface area contributed by atoms with Gasteiger partial charge < -0.3 is 10.1 Å².